The van der Waals surface area contributed by atoms with E-state index in [2.05, 4.69) is 23.5 Å². The number of methoxy groups -OCH3 is 1. The molecule has 1 heterocycles. The van der Waals surface area contributed by atoms with Gasteiger partial charge in [0.2, 0.25) is 0 Å². The summed E-state index contributed by atoms with van der Waals surface area (Å²) < 4.78 is 5.09. The van der Waals surface area contributed by atoms with Gasteiger partial charge in [0.05, 0.1) is 26.0 Å². The van der Waals surface area contributed by atoms with Crippen molar-refractivity contribution in [2.45, 2.75) is 6.29 Å². The molecule has 1 N–H and O–H groups in total. The summed E-state index contributed by atoms with van der Waals surface area (Å²) in [4.78, 5) is 3.23. The maximum atomic E-state index is 5.09. The van der Waals surface area contributed by atoms with Crippen molar-refractivity contribution in [1.82, 2.24) is 4.90 Å². The average Bonchev–Trinajstić information content (AvgIpc) is 2.67. The molecule has 2 rings (SSSR count). The van der Waals surface area contributed by atoms with Gasteiger partial charge in [0, 0.05) is 7.05 Å². The monoisotopic (exact) mass is 268 g/mol. The van der Waals surface area contributed by atoms with Crippen molar-refractivity contribution in [3.05, 3.63) is 36.7 Å². The van der Waals surface area contributed by atoms with E-state index in [9.17, 15) is 0 Å². The van der Waals surface area contributed by atoms with E-state index in [-0.39, 0.29) is 18.7 Å². The van der Waals surface area contributed by atoms with Crippen molar-refractivity contribution < 1.29 is 22.0 Å². The molecule has 0 spiro atoms. The number of nitrogens with one attached hydrogen (secondary N) is 1. The van der Waals surface area contributed by atoms with Crippen molar-refractivity contribution in [1.29, 1.82) is 0 Å². The summed E-state index contributed by atoms with van der Waals surface area (Å²) in [6.45, 7) is 0. The number of azo groups is 1. The van der Waals surface area contributed by atoms with E-state index in [0.717, 1.165) is 11.4 Å². The molecule has 5 nitrogen and oxygen atoms in total. The van der Waals surface area contributed by atoms with E-state index < -0.39 is 0 Å². The minimum atomic E-state index is 0. The van der Waals surface area contributed by atoms with E-state index in [1.54, 1.807) is 7.11 Å². The lowest BCUT2D eigenvalue weighted by atomic mass is 10.3. The number of quaternary nitrogens is 1. The zero-order chi connectivity index (χ0) is 12.3. The quantitative estimate of drug-likeness (QED) is 0.645. The van der Waals surface area contributed by atoms with E-state index in [1.807, 2.05) is 42.4 Å². The Morgan fingerprint density at radius 1 is 1.28 bits per heavy atom. The normalized spacial score (nSPS) is 22.3. The van der Waals surface area contributed by atoms with Gasteiger partial charge in [-0.2, -0.15) is 0 Å². The molecule has 0 radical (unpaired) electrons. The van der Waals surface area contributed by atoms with Crippen LogP contribution in [0.5, 0.6) is 5.75 Å². The topological polar surface area (TPSA) is 41.6 Å². The second-order valence-electron chi connectivity index (χ2n) is 4.01. The fraction of sp³-hybridized carbons (Fsp3) is 0.333. The smallest absolute Gasteiger partial charge is 0.284 e. The molecule has 0 bridgehead atoms. The van der Waals surface area contributed by atoms with Crippen molar-refractivity contribution in [2.24, 2.45) is 10.2 Å². The van der Waals surface area contributed by atoms with Crippen molar-refractivity contribution >= 4 is 5.69 Å². The second-order valence-corrected chi connectivity index (χ2v) is 4.01. The zero-order valence-electron chi connectivity index (χ0n) is 10.7. The first-order valence-electron chi connectivity index (χ1n) is 5.49. The first-order valence-corrected chi connectivity index (χ1v) is 5.49. The molecule has 18 heavy (non-hydrogen) atoms. The Balaban J connectivity index is 0.00000162. The Hall–Kier alpha value is -1.59. The van der Waals surface area contributed by atoms with Crippen molar-refractivity contribution in [3.63, 3.8) is 0 Å². The number of benzene rings is 1. The molecule has 0 aliphatic carbocycles. The van der Waals surface area contributed by atoms with Gasteiger partial charge in [-0.15, -0.1) is 10.2 Å². The van der Waals surface area contributed by atoms with Crippen LogP contribution in [-0.4, -0.2) is 32.4 Å². The van der Waals surface area contributed by atoms with Gasteiger partial charge in [-0.25, -0.2) is 0 Å². The van der Waals surface area contributed by atoms with Crippen LogP contribution in [0.1, 0.15) is 0 Å². The molecule has 1 aliphatic rings. The highest BCUT2D eigenvalue weighted by Gasteiger charge is 2.24. The number of nitrogens with zero attached hydrogens (tertiary/aromatic N) is 3. The molecule has 0 aromatic heterocycles. The van der Waals surface area contributed by atoms with Crippen molar-refractivity contribution in [3.8, 4) is 5.75 Å². The van der Waals surface area contributed by atoms with Crippen LogP contribution in [0.15, 0.2) is 46.9 Å². The van der Waals surface area contributed by atoms with Gasteiger partial charge in [-0.1, -0.05) is 0 Å². The molecular formula is C12H17ClN4O. The molecule has 6 heteroatoms. The molecule has 0 saturated carbocycles. The standard InChI is InChI=1S/C12H16N4O.ClH/c1-15-8-9-16(2)12(15)14-13-10-4-6-11(17-3)7-5-10;/h4-9,12H,1-3H3;1H. The number of ether oxygens (including phenoxy) is 1. The third-order valence-electron chi connectivity index (χ3n) is 2.72. The lowest BCUT2D eigenvalue weighted by Gasteiger charge is -2.16. The van der Waals surface area contributed by atoms with E-state index >= 15 is 0 Å². The third kappa shape index (κ3) is 3.21. The minimum Gasteiger partial charge on any atom is -1.00 e. The highest BCUT2D eigenvalue weighted by atomic mass is 35.5. The summed E-state index contributed by atoms with van der Waals surface area (Å²) in [6, 6.07) is 7.53. The van der Waals surface area contributed by atoms with Crippen molar-refractivity contribution in [2.75, 3.05) is 21.2 Å². The number of halogens is 1. The highest BCUT2D eigenvalue weighted by molar-refractivity contribution is 5.40. The molecule has 1 aromatic rings. The average molecular weight is 269 g/mol. The van der Waals surface area contributed by atoms with Gasteiger partial charge >= 0.3 is 0 Å². The van der Waals surface area contributed by atoms with E-state index in [1.165, 1.54) is 4.90 Å². The van der Waals surface area contributed by atoms with Gasteiger partial charge in [0.1, 0.15) is 11.9 Å². The molecule has 0 amide bonds. The fourth-order valence-corrected chi connectivity index (χ4v) is 1.67. The van der Waals surface area contributed by atoms with Gasteiger partial charge in [0.25, 0.3) is 6.29 Å². The summed E-state index contributed by atoms with van der Waals surface area (Å²) in [6.07, 6.45) is 4.09. The largest absolute Gasteiger partial charge is 1.00 e. The van der Waals surface area contributed by atoms with Crippen LogP contribution < -0.4 is 22.0 Å². The SMILES string of the molecule is COc1ccc(N=NC2N(C)C=C[NH+]2C)cc1.[Cl-]. The summed E-state index contributed by atoms with van der Waals surface area (Å²) in [7, 11) is 5.69. The first kappa shape index (κ1) is 14.5. The lowest BCUT2D eigenvalue weighted by Crippen LogP contribution is -3.08. The Morgan fingerprint density at radius 3 is 2.44 bits per heavy atom. The summed E-state index contributed by atoms with van der Waals surface area (Å²) in [5, 5.41) is 8.55. The van der Waals surface area contributed by atoms with Crippen LogP contribution in [0.2, 0.25) is 0 Å². The zero-order valence-corrected chi connectivity index (χ0v) is 11.4. The van der Waals surface area contributed by atoms with Gasteiger partial charge in [-0.05, 0) is 24.3 Å². The van der Waals surface area contributed by atoms with E-state index in [4.69, 9.17) is 4.74 Å². The number of hydrogen-bond donors (Lipinski definition) is 1. The molecule has 2 atom stereocenters. The predicted molar refractivity (Wildman–Crippen MR) is 65.1 cm³/mol. The van der Waals surface area contributed by atoms with Crippen LogP contribution >= 0.6 is 0 Å². The fourth-order valence-electron chi connectivity index (χ4n) is 1.67. The van der Waals surface area contributed by atoms with Gasteiger partial charge < -0.3 is 22.0 Å². The van der Waals surface area contributed by atoms with Crippen LogP contribution in [0.4, 0.5) is 5.69 Å². The predicted octanol–water partition coefficient (Wildman–Crippen LogP) is -2.00. The van der Waals surface area contributed by atoms with Crippen LogP contribution in [0.25, 0.3) is 0 Å². The maximum absolute atomic E-state index is 5.09. The lowest BCUT2D eigenvalue weighted by molar-refractivity contribution is -0.856. The Morgan fingerprint density at radius 2 is 1.94 bits per heavy atom. The summed E-state index contributed by atoms with van der Waals surface area (Å²) in [5.74, 6) is 0.825. The molecule has 0 fully saturated rings. The molecule has 1 aliphatic heterocycles. The highest BCUT2D eigenvalue weighted by Crippen LogP contribution is 2.18. The van der Waals surface area contributed by atoms with Crippen LogP contribution in [0, 0.1) is 0 Å². The molecular weight excluding hydrogens is 252 g/mol. The molecule has 98 valence electrons. The van der Waals surface area contributed by atoms with Gasteiger partial charge in [0.15, 0.2) is 0 Å². The number of hydrogen-bond acceptors (Lipinski definition) is 4. The molecule has 0 saturated heterocycles. The second kappa shape index (κ2) is 6.37. The Labute approximate surface area is 113 Å². The molecule has 1 aromatic carbocycles. The van der Waals surface area contributed by atoms with E-state index in [0.29, 0.717) is 0 Å². The van der Waals surface area contributed by atoms with Crippen LogP contribution in [0.3, 0.4) is 0 Å². The third-order valence-corrected chi connectivity index (χ3v) is 2.72. The first-order chi connectivity index (χ1) is 8.20. The molecule has 2 unspecified atom stereocenters. The summed E-state index contributed by atoms with van der Waals surface area (Å²) >= 11 is 0. The Bertz CT molecular complexity index is 420. The summed E-state index contributed by atoms with van der Waals surface area (Å²) in [5.41, 5.74) is 0.832. The minimum absolute atomic E-state index is 0. The number of rotatable bonds is 3. The Kier molecular flexibility index (Phi) is 5.12. The maximum Gasteiger partial charge on any atom is 0.284 e. The van der Waals surface area contributed by atoms with Gasteiger partial charge in [-0.3, -0.25) is 4.90 Å². The van der Waals surface area contributed by atoms with Crippen LogP contribution in [-0.2, 0) is 0 Å².